The van der Waals surface area contributed by atoms with E-state index < -0.39 is 17.3 Å². The molecule has 0 aliphatic carbocycles. The molecule has 4 heteroatoms. The number of hydrogen-bond acceptors (Lipinski definition) is 2. The van der Waals surface area contributed by atoms with Gasteiger partial charge in [-0.3, -0.25) is 4.79 Å². The molecule has 1 aromatic rings. The second kappa shape index (κ2) is 4.45. The number of nitrogens with one attached hydrogen (secondary N) is 1. The lowest BCUT2D eigenvalue weighted by atomic mass is 9.75. The van der Waals surface area contributed by atoms with Gasteiger partial charge in [-0.1, -0.05) is 25.1 Å². The molecule has 0 aromatic heterocycles. The Labute approximate surface area is 99.7 Å². The van der Waals surface area contributed by atoms with Gasteiger partial charge in [-0.05, 0) is 23.5 Å². The fraction of sp³-hybridized carbons (Fsp3) is 0.462. The van der Waals surface area contributed by atoms with Crippen molar-refractivity contribution in [1.29, 1.82) is 0 Å². The Kier molecular flexibility index (Phi) is 3.15. The summed E-state index contributed by atoms with van der Waals surface area (Å²) in [6.07, 6.45) is 0.448. The minimum absolute atomic E-state index is 0.259. The molecule has 2 unspecified atom stereocenters. The van der Waals surface area contributed by atoms with E-state index in [1.807, 2.05) is 6.92 Å². The lowest BCUT2D eigenvalue weighted by molar-refractivity contribution is -0.144. The Bertz CT molecular complexity index is 435. The predicted molar refractivity (Wildman–Crippen MR) is 62.2 cm³/mol. The molecule has 3 nitrogen and oxygen atoms in total. The lowest BCUT2D eigenvalue weighted by Gasteiger charge is -2.28. The smallest absolute Gasteiger partial charge is 0.308 e. The molecule has 1 aliphatic heterocycles. The van der Waals surface area contributed by atoms with E-state index in [4.69, 9.17) is 5.11 Å². The van der Waals surface area contributed by atoms with Crippen LogP contribution in [0.4, 0.5) is 4.39 Å². The first-order valence-corrected chi connectivity index (χ1v) is 5.70. The maximum Gasteiger partial charge on any atom is 0.308 e. The van der Waals surface area contributed by atoms with Crippen LogP contribution in [0.3, 0.4) is 0 Å². The third-order valence-electron chi connectivity index (χ3n) is 3.57. The van der Waals surface area contributed by atoms with Gasteiger partial charge in [0.2, 0.25) is 0 Å². The molecule has 0 saturated carbocycles. The molecule has 1 aliphatic rings. The van der Waals surface area contributed by atoms with Gasteiger partial charge < -0.3 is 10.4 Å². The van der Waals surface area contributed by atoms with Crippen molar-refractivity contribution >= 4 is 5.97 Å². The van der Waals surface area contributed by atoms with Gasteiger partial charge in [0.1, 0.15) is 5.82 Å². The van der Waals surface area contributed by atoms with Crippen LogP contribution in [0.2, 0.25) is 0 Å². The van der Waals surface area contributed by atoms with E-state index in [-0.39, 0.29) is 5.82 Å². The summed E-state index contributed by atoms with van der Waals surface area (Å²) in [6.45, 7) is 2.97. The first-order valence-electron chi connectivity index (χ1n) is 5.70. The van der Waals surface area contributed by atoms with E-state index >= 15 is 0 Å². The molecule has 2 rings (SSSR count). The normalized spacial score (nSPS) is 28.2. The van der Waals surface area contributed by atoms with Crippen molar-refractivity contribution in [1.82, 2.24) is 5.32 Å². The third kappa shape index (κ3) is 2.31. The van der Waals surface area contributed by atoms with Gasteiger partial charge in [-0.25, -0.2) is 4.39 Å². The van der Waals surface area contributed by atoms with Crippen molar-refractivity contribution < 1.29 is 14.3 Å². The number of carboxylic acids is 1. The maximum absolute atomic E-state index is 13.6. The van der Waals surface area contributed by atoms with E-state index in [9.17, 15) is 9.18 Å². The standard InChI is InChI=1S/C13H16FNO2/c1-13(8-15-7-10(13)12(16)17)6-9-4-2-3-5-11(9)14/h2-5,10,15H,6-8H2,1H3,(H,16,17). The van der Waals surface area contributed by atoms with Crippen LogP contribution >= 0.6 is 0 Å². The Hall–Kier alpha value is -1.42. The molecular formula is C13H16FNO2. The quantitative estimate of drug-likeness (QED) is 0.841. The van der Waals surface area contributed by atoms with Crippen LogP contribution in [0, 0.1) is 17.2 Å². The van der Waals surface area contributed by atoms with E-state index in [1.165, 1.54) is 6.07 Å². The van der Waals surface area contributed by atoms with Crippen LogP contribution in [-0.2, 0) is 11.2 Å². The fourth-order valence-electron chi connectivity index (χ4n) is 2.52. The Balaban J connectivity index is 2.22. The van der Waals surface area contributed by atoms with Gasteiger partial charge in [0, 0.05) is 13.1 Å². The zero-order chi connectivity index (χ0) is 12.5. The highest BCUT2D eigenvalue weighted by molar-refractivity contribution is 5.72. The molecule has 1 aromatic carbocycles. The van der Waals surface area contributed by atoms with E-state index in [0.717, 1.165) is 0 Å². The minimum Gasteiger partial charge on any atom is -0.481 e. The Morgan fingerprint density at radius 1 is 1.59 bits per heavy atom. The van der Waals surface area contributed by atoms with Crippen LogP contribution in [-0.4, -0.2) is 24.2 Å². The molecule has 0 spiro atoms. The van der Waals surface area contributed by atoms with Gasteiger partial charge in [0.25, 0.3) is 0 Å². The summed E-state index contributed by atoms with van der Waals surface area (Å²) in [5.41, 5.74) is 0.165. The van der Waals surface area contributed by atoms with Gasteiger partial charge in [0.15, 0.2) is 0 Å². The minimum atomic E-state index is -0.811. The number of benzene rings is 1. The topological polar surface area (TPSA) is 49.3 Å². The highest BCUT2D eigenvalue weighted by Gasteiger charge is 2.43. The summed E-state index contributed by atoms with van der Waals surface area (Å²) in [7, 11) is 0. The number of halogens is 1. The summed E-state index contributed by atoms with van der Waals surface area (Å²) in [4.78, 5) is 11.2. The maximum atomic E-state index is 13.6. The predicted octanol–water partition coefficient (Wildman–Crippen LogP) is 1.68. The third-order valence-corrected chi connectivity index (χ3v) is 3.57. The monoisotopic (exact) mass is 237 g/mol. The molecule has 1 saturated heterocycles. The summed E-state index contributed by atoms with van der Waals surface area (Å²) < 4.78 is 13.6. The van der Waals surface area contributed by atoms with Crippen molar-refractivity contribution in [3.05, 3.63) is 35.6 Å². The van der Waals surface area contributed by atoms with Crippen molar-refractivity contribution in [3.63, 3.8) is 0 Å². The molecule has 0 amide bonds. The van der Waals surface area contributed by atoms with Crippen molar-refractivity contribution in [2.45, 2.75) is 13.3 Å². The zero-order valence-corrected chi connectivity index (χ0v) is 9.74. The Morgan fingerprint density at radius 2 is 2.29 bits per heavy atom. The number of carboxylic acid groups (broad SMARTS) is 1. The fourth-order valence-corrected chi connectivity index (χ4v) is 2.52. The van der Waals surface area contributed by atoms with Gasteiger partial charge in [-0.15, -0.1) is 0 Å². The van der Waals surface area contributed by atoms with E-state index in [2.05, 4.69) is 5.32 Å². The number of carbonyl (C=O) groups is 1. The summed E-state index contributed by atoms with van der Waals surface area (Å²) in [6, 6.07) is 6.55. The van der Waals surface area contributed by atoms with E-state index in [1.54, 1.807) is 18.2 Å². The average molecular weight is 237 g/mol. The number of aliphatic carboxylic acids is 1. The van der Waals surface area contributed by atoms with Gasteiger partial charge >= 0.3 is 5.97 Å². The number of rotatable bonds is 3. The van der Waals surface area contributed by atoms with E-state index in [0.29, 0.717) is 25.1 Å². The molecule has 2 N–H and O–H groups in total. The number of hydrogen-bond donors (Lipinski definition) is 2. The van der Waals surface area contributed by atoms with Crippen molar-refractivity contribution in [3.8, 4) is 0 Å². The van der Waals surface area contributed by atoms with Crippen LogP contribution < -0.4 is 5.32 Å². The molecule has 0 bridgehead atoms. The first-order chi connectivity index (χ1) is 8.03. The van der Waals surface area contributed by atoms with Crippen LogP contribution in [0.15, 0.2) is 24.3 Å². The zero-order valence-electron chi connectivity index (χ0n) is 9.74. The molecule has 17 heavy (non-hydrogen) atoms. The SMILES string of the molecule is CC1(Cc2ccccc2F)CNCC1C(=O)O. The molecule has 2 atom stereocenters. The van der Waals surface area contributed by atoms with Crippen molar-refractivity contribution in [2.24, 2.45) is 11.3 Å². The summed E-state index contributed by atoms with van der Waals surface area (Å²) >= 11 is 0. The molecule has 0 radical (unpaired) electrons. The second-order valence-corrected chi connectivity index (χ2v) is 4.94. The highest BCUT2D eigenvalue weighted by Crippen LogP contribution is 2.35. The van der Waals surface area contributed by atoms with Gasteiger partial charge in [0.05, 0.1) is 5.92 Å². The lowest BCUT2D eigenvalue weighted by Crippen LogP contribution is -2.34. The van der Waals surface area contributed by atoms with Crippen LogP contribution in [0.1, 0.15) is 12.5 Å². The largest absolute Gasteiger partial charge is 0.481 e. The van der Waals surface area contributed by atoms with Crippen molar-refractivity contribution in [2.75, 3.05) is 13.1 Å². The Morgan fingerprint density at radius 3 is 2.94 bits per heavy atom. The van der Waals surface area contributed by atoms with Crippen LogP contribution in [0.5, 0.6) is 0 Å². The molecular weight excluding hydrogens is 221 g/mol. The second-order valence-electron chi connectivity index (χ2n) is 4.94. The van der Waals surface area contributed by atoms with Crippen LogP contribution in [0.25, 0.3) is 0 Å². The van der Waals surface area contributed by atoms with Gasteiger partial charge in [-0.2, -0.15) is 0 Å². The summed E-state index contributed by atoms with van der Waals surface area (Å²) in [5.74, 6) is -1.53. The molecule has 1 heterocycles. The highest BCUT2D eigenvalue weighted by atomic mass is 19.1. The first kappa shape index (κ1) is 12.0. The average Bonchev–Trinajstić information content (AvgIpc) is 2.64. The summed E-state index contributed by atoms with van der Waals surface area (Å²) in [5, 5.41) is 12.2. The molecule has 92 valence electrons. The molecule has 1 fully saturated rings.